The molecule has 198 valence electrons. The number of hydrogen-bond donors (Lipinski definition) is 1. The number of nitrogens with one attached hydrogen (secondary N) is 1. The first-order valence-electron chi connectivity index (χ1n) is 11.2. The van der Waals surface area contributed by atoms with Gasteiger partial charge in [0.1, 0.15) is 11.5 Å². The first kappa shape index (κ1) is 27.5. The van der Waals surface area contributed by atoms with Crippen LogP contribution in [0.15, 0.2) is 76.4 Å². The van der Waals surface area contributed by atoms with Crippen molar-refractivity contribution in [1.29, 1.82) is 0 Å². The molecule has 7 nitrogen and oxygen atoms in total. The Bertz CT molecular complexity index is 1390. The van der Waals surface area contributed by atoms with Crippen LogP contribution >= 0.6 is 27.7 Å². The molecule has 0 aliphatic rings. The van der Waals surface area contributed by atoms with Gasteiger partial charge in [0.2, 0.25) is 0 Å². The Labute approximate surface area is 229 Å². The zero-order valence-electron chi connectivity index (χ0n) is 20.3. The Morgan fingerprint density at radius 1 is 0.974 bits per heavy atom. The van der Waals surface area contributed by atoms with Crippen LogP contribution < -0.4 is 14.8 Å². The predicted octanol–water partition coefficient (Wildman–Crippen LogP) is 6.29. The van der Waals surface area contributed by atoms with Crippen molar-refractivity contribution in [3.63, 3.8) is 0 Å². The minimum Gasteiger partial charge on any atom is -0.497 e. The van der Waals surface area contributed by atoms with Gasteiger partial charge in [-0.3, -0.25) is 9.36 Å². The second-order valence-corrected chi connectivity index (χ2v) is 9.84. The summed E-state index contributed by atoms with van der Waals surface area (Å²) in [5.74, 6) is 1.46. The maximum Gasteiger partial charge on any atom is 0.416 e. The molecule has 0 radical (unpaired) electrons. The van der Waals surface area contributed by atoms with E-state index >= 15 is 0 Å². The number of nitrogens with zero attached hydrogens (tertiary/aromatic N) is 3. The van der Waals surface area contributed by atoms with Gasteiger partial charge in [0.15, 0.2) is 11.0 Å². The van der Waals surface area contributed by atoms with E-state index in [1.807, 2.05) is 24.3 Å². The number of alkyl halides is 3. The predicted molar refractivity (Wildman–Crippen MR) is 141 cm³/mol. The minimum absolute atomic E-state index is 0.0717. The van der Waals surface area contributed by atoms with E-state index in [-0.39, 0.29) is 12.5 Å². The molecule has 0 fully saturated rings. The van der Waals surface area contributed by atoms with Crippen LogP contribution in [-0.4, -0.2) is 34.9 Å². The summed E-state index contributed by atoms with van der Waals surface area (Å²) >= 11 is 4.75. The van der Waals surface area contributed by atoms with Gasteiger partial charge in [-0.25, -0.2) is 0 Å². The van der Waals surface area contributed by atoms with Crippen LogP contribution in [0.25, 0.3) is 5.69 Å². The van der Waals surface area contributed by atoms with Crippen molar-refractivity contribution in [3.8, 4) is 17.2 Å². The molecule has 1 aromatic heterocycles. The fraction of sp³-hybridized carbons (Fsp3) is 0.192. The van der Waals surface area contributed by atoms with E-state index in [1.54, 1.807) is 22.8 Å². The molecule has 0 unspecified atom stereocenters. The quantitative estimate of drug-likeness (QED) is 0.226. The number of carbonyl (C=O) groups excluding carboxylic acids is 1. The summed E-state index contributed by atoms with van der Waals surface area (Å²) in [7, 11) is 3.00. The van der Waals surface area contributed by atoms with E-state index in [2.05, 4.69) is 31.4 Å². The zero-order chi connectivity index (χ0) is 27.3. The lowest BCUT2D eigenvalue weighted by Gasteiger charge is -2.12. The van der Waals surface area contributed by atoms with Crippen molar-refractivity contribution >= 4 is 33.6 Å². The normalized spacial score (nSPS) is 11.3. The van der Waals surface area contributed by atoms with E-state index in [1.165, 1.54) is 38.1 Å². The highest BCUT2D eigenvalue weighted by Gasteiger charge is 2.30. The lowest BCUT2D eigenvalue weighted by atomic mass is 10.1. The Morgan fingerprint density at radius 2 is 1.61 bits per heavy atom. The molecule has 0 bridgehead atoms. The van der Waals surface area contributed by atoms with Crippen molar-refractivity contribution in [1.82, 2.24) is 20.1 Å². The summed E-state index contributed by atoms with van der Waals surface area (Å²) in [6.45, 7) is 0.0717. The second-order valence-electron chi connectivity index (χ2n) is 7.98. The Hall–Kier alpha value is -3.51. The summed E-state index contributed by atoms with van der Waals surface area (Å²) in [4.78, 5) is 12.9. The number of aromatic nitrogens is 3. The topological polar surface area (TPSA) is 78.3 Å². The van der Waals surface area contributed by atoms with Crippen molar-refractivity contribution < 1.29 is 27.4 Å². The molecule has 3 aromatic carbocycles. The van der Waals surface area contributed by atoms with Gasteiger partial charge in [-0.2, -0.15) is 13.2 Å². The molecule has 0 saturated heterocycles. The fourth-order valence-corrected chi connectivity index (χ4v) is 4.69. The van der Waals surface area contributed by atoms with Gasteiger partial charge >= 0.3 is 6.18 Å². The van der Waals surface area contributed by atoms with E-state index in [4.69, 9.17) is 9.47 Å². The van der Waals surface area contributed by atoms with Crippen LogP contribution in [0.2, 0.25) is 0 Å². The molecule has 12 heteroatoms. The lowest BCUT2D eigenvalue weighted by molar-refractivity contribution is -0.137. The van der Waals surface area contributed by atoms with Gasteiger partial charge in [-0.1, -0.05) is 39.8 Å². The van der Waals surface area contributed by atoms with Crippen LogP contribution in [-0.2, 0) is 18.5 Å². The number of carbonyl (C=O) groups is 1. The fourth-order valence-electron chi connectivity index (χ4n) is 3.50. The van der Waals surface area contributed by atoms with Gasteiger partial charge in [-0.15, -0.1) is 10.2 Å². The number of benzene rings is 3. The Balaban J connectivity index is 1.55. The molecule has 0 atom stereocenters. The van der Waals surface area contributed by atoms with Crippen molar-refractivity contribution in [3.05, 3.63) is 93.7 Å². The van der Waals surface area contributed by atoms with Gasteiger partial charge in [0, 0.05) is 27.5 Å². The highest BCUT2D eigenvalue weighted by molar-refractivity contribution is 9.10. The minimum atomic E-state index is -4.39. The number of halogens is 4. The third-order valence-electron chi connectivity index (χ3n) is 5.46. The lowest BCUT2D eigenvalue weighted by Crippen LogP contribution is -2.24. The summed E-state index contributed by atoms with van der Waals surface area (Å²) < 4.78 is 51.8. The van der Waals surface area contributed by atoms with Crippen LogP contribution in [0.3, 0.4) is 0 Å². The number of hydrogen-bond acceptors (Lipinski definition) is 6. The Kier molecular flexibility index (Phi) is 8.62. The van der Waals surface area contributed by atoms with E-state index in [0.29, 0.717) is 39.4 Å². The van der Waals surface area contributed by atoms with Crippen molar-refractivity contribution in [2.45, 2.75) is 23.6 Å². The summed E-state index contributed by atoms with van der Waals surface area (Å²) in [5, 5.41) is 11.9. The molecule has 4 aromatic rings. The van der Waals surface area contributed by atoms with Gasteiger partial charge in [0.05, 0.1) is 26.3 Å². The molecular formula is C26H22BrF3N4O3S. The summed E-state index contributed by atoms with van der Waals surface area (Å²) in [6, 6.07) is 17.3. The molecule has 1 amide bonds. The summed E-state index contributed by atoms with van der Waals surface area (Å²) in [5.41, 5.74) is 1.12. The maximum atomic E-state index is 12.9. The molecule has 4 rings (SSSR count). The smallest absolute Gasteiger partial charge is 0.416 e. The van der Waals surface area contributed by atoms with Gasteiger partial charge in [0.25, 0.3) is 5.91 Å². The van der Waals surface area contributed by atoms with E-state index in [9.17, 15) is 18.0 Å². The first-order chi connectivity index (χ1) is 18.2. The third kappa shape index (κ3) is 6.67. The summed E-state index contributed by atoms with van der Waals surface area (Å²) in [6.07, 6.45) is -4.39. The average molecular weight is 607 g/mol. The van der Waals surface area contributed by atoms with Gasteiger partial charge < -0.3 is 14.8 Å². The maximum absolute atomic E-state index is 12.9. The first-order valence-corrected chi connectivity index (χ1v) is 13.0. The number of amides is 1. The molecule has 1 N–H and O–H groups in total. The Morgan fingerprint density at radius 3 is 2.18 bits per heavy atom. The molecule has 0 saturated carbocycles. The molecule has 1 heterocycles. The van der Waals surface area contributed by atoms with Gasteiger partial charge in [-0.05, 0) is 54.1 Å². The average Bonchev–Trinajstić information content (AvgIpc) is 3.33. The largest absolute Gasteiger partial charge is 0.497 e. The standard InChI is InChI=1S/C26H22BrF3N4O3S/c1-36-21-11-17(12-22(13-21)37-2)24(35)31-14-23-32-33-25(34(23)20-9-7-19(27)8-10-20)38-15-16-3-5-18(6-4-16)26(28,29)30/h3-13H,14-15H2,1-2H3,(H,31,35). The molecule has 0 aliphatic carbocycles. The van der Waals surface area contributed by atoms with E-state index < -0.39 is 11.7 Å². The van der Waals surface area contributed by atoms with Crippen LogP contribution in [0.4, 0.5) is 13.2 Å². The number of thioether (sulfide) groups is 1. The highest BCUT2D eigenvalue weighted by atomic mass is 79.9. The van der Waals surface area contributed by atoms with Crippen LogP contribution in [0, 0.1) is 0 Å². The van der Waals surface area contributed by atoms with Crippen LogP contribution in [0.5, 0.6) is 11.5 Å². The van der Waals surface area contributed by atoms with E-state index in [0.717, 1.165) is 22.3 Å². The van der Waals surface area contributed by atoms with Crippen molar-refractivity contribution in [2.24, 2.45) is 0 Å². The zero-order valence-corrected chi connectivity index (χ0v) is 22.7. The molecule has 0 spiro atoms. The monoisotopic (exact) mass is 606 g/mol. The van der Waals surface area contributed by atoms with Crippen molar-refractivity contribution in [2.75, 3.05) is 14.2 Å². The molecule has 0 aliphatic heterocycles. The number of ether oxygens (including phenoxy) is 2. The van der Waals surface area contributed by atoms with Crippen LogP contribution in [0.1, 0.15) is 27.3 Å². The molecular weight excluding hydrogens is 585 g/mol. The second kappa shape index (κ2) is 11.9. The highest BCUT2D eigenvalue weighted by Crippen LogP contribution is 2.31. The molecule has 38 heavy (non-hydrogen) atoms. The number of rotatable bonds is 9. The third-order valence-corrected chi connectivity index (χ3v) is 6.98. The number of methoxy groups -OCH3 is 2. The SMILES string of the molecule is COc1cc(OC)cc(C(=O)NCc2nnc(SCc3ccc(C(F)(F)F)cc3)n2-c2ccc(Br)cc2)c1.